The van der Waals surface area contributed by atoms with Crippen LogP contribution in [0.4, 0.5) is 5.69 Å². The molecule has 1 aromatic heterocycles. The Balaban J connectivity index is 1.91. The lowest BCUT2D eigenvalue weighted by atomic mass is 10.1. The first-order valence-corrected chi connectivity index (χ1v) is 9.34. The SMILES string of the molecule is CCc1cc(C(=O)NS(=O)(=O)c2cc3c(cc2C)NC(=O)[C@H](C)O3)no1. The number of ether oxygens (including phenoxy) is 1. The third-order valence-electron chi connectivity index (χ3n) is 3.86. The van der Waals surface area contributed by atoms with E-state index in [4.69, 9.17) is 9.26 Å². The lowest BCUT2D eigenvalue weighted by molar-refractivity contribution is -0.122. The van der Waals surface area contributed by atoms with Crippen molar-refractivity contribution in [3.8, 4) is 5.75 Å². The number of nitrogens with zero attached hydrogens (tertiary/aromatic N) is 1. The van der Waals surface area contributed by atoms with Gasteiger partial charge in [-0.2, -0.15) is 0 Å². The topological polar surface area (TPSA) is 128 Å². The van der Waals surface area contributed by atoms with Gasteiger partial charge < -0.3 is 14.6 Å². The Morgan fingerprint density at radius 3 is 2.73 bits per heavy atom. The van der Waals surface area contributed by atoms with Gasteiger partial charge in [-0.05, 0) is 25.5 Å². The number of aryl methyl sites for hydroxylation is 2. The van der Waals surface area contributed by atoms with Gasteiger partial charge in [-0.1, -0.05) is 12.1 Å². The van der Waals surface area contributed by atoms with Gasteiger partial charge in [0.25, 0.3) is 21.8 Å². The predicted molar refractivity (Wildman–Crippen MR) is 90.4 cm³/mol. The van der Waals surface area contributed by atoms with E-state index in [-0.39, 0.29) is 22.2 Å². The maximum Gasteiger partial charge on any atom is 0.287 e. The van der Waals surface area contributed by atoms with Gasteiger partial charge >= 0.3 is 0 Å². The molecular weight excluding hydrogens is 362 g/mol. The van der Waals surface area contributed by atoms with Crippen molar-refractivity contribution in [2.45, 2.75) is 38.2 Å². The zero-order valence-corrected chi connectivity index (χ0v) is 15.1. The van der Waals surface area contributed by atoms with Crippen LogP contribution < -0.4 is 14.8 Å². The van der Waals surface area contributed by atoms with Gasteiger partial charge in [0.15, 0.2) is 11.8 Å². The number of amides is 2. The number of rotatable bonds is 4. The van der Waals surface area contributed by atoms with Crippen molar-refractivity contribution in [3.05, 3.63) is 35.2 Å². The minimum atomic E-state index is -4.17. The summed E-state index contributed by atoms with van der Waals surface area (Å²) < 4.78 is 37.5. The molecule has 3 rings (SSSR count). The lowest BCUT2D eigenvalue weighted by Gasteiger charge is -2.24. The summed E-state index contributed by atoms with van der Waals surface area (Å²) in [5.41, 5.74) is 0.593. The Morgan fingerprint density at radius 2 is 2.08 bits per heavy atom. The van der Waals surface area contributed by atoms with Crippen molar-refractivity contribution >= 4 is 27.5 Å². The van der Waals surface area contributed by atoms with E-state index in [1.54, 1.807) is 13.8 Å². The molecule has 10 heteroatoms. The van der Waals surface area contributed by atoms with Gasteiger partial charge in [-0.25, -0.2) is 13.1 Å². The average molecular weight is 379 g/mol. The number of benzene rings is 1. The molecular formula is C16H17N3O6S. The fraction of sp³-hybridized carbons (Fsp3) is 0.312. The number of carbonyl (C=O) groups excluding carboxylic acids is 2. The van der Waals surface area contributed by atoms with Crippen LogP contribution in [0.5, 0.6) is 5.75 Å². The first-order chi connectivity index (χ1) is 12.2. The van der Waals surface area contributed by atoms with Gasteiger partial charge in [0.2, 0.25) is 0 Å². The van der Waals surface area contributed by atoms with E-state index in [9.17, 15) is 18.0 Å². The fourth-order valence-corrected chi connectivity index (χ4v) is 3.65. The summed E-state index contributed by atoms with van der Waals surface area (Å²) in [6.45, 7) is 4.91. The summed E-state index contributed by atoms with van der Waals surface area (Å²) in [6, 6.07) is 4.13. The highest BCUT2D eigenvalue weighted by atomic mass is 32.2. The third kappa shape index (κ3) is 3.27. The maximum atomic E-state index is 12.6. The summed E-state index contributed by atoms with van der Waals surface area (Å²) in [5.74, 6) is -0.535. The number of aromatic nitrogens is 1. The molecule has 2 heterocycles. The molecule has 1 aromatic carbocycles. The first kappa shape index (κ1) is 17.9. The summed E-state index contributed by atoms with van der Waals surface area (Å²) in [4.78, 5) is 23.7. The highest BCUT2D eigenvalue weighted by Crippen LogP contribution is 2.34. The van der Waals surface area contributed by atoms with Crippen LogP contribution in [0.2, 0.25) is 0 Å². The Kier molecular flexibility index (Phi) is 4.45. The Hall–Kier alpha value is -2.88. The van der Waals surface area contributed by atoms with E-state index >= 15 is 0 Å². The summed E-state index contributed by atoms with van der Waals surface area (Å²) >= 11 is 0. The van der Waals surface area contributed by atoms with E-state index in [1.165, 1.54) is 18.2 Å². The van der Waals surface area contributed by atoms with Crippen molar-refractivity contribution in [2.75, 3.05) is 5.32 Å². The number of fused-ring (bicyclic) bond motifs is 1. The second-order valence-electron chi connectivity index (χ2n) is 5.83. The standard InChI is InChI=1S/C16H17N3O6S/c1-4-10-6-12(18-25-10)16(21)19-26(22,23)14-7-13-11(5-8(14)2)17-15(20)9(3)24-13/h5-7,9H,4H2,1-3H3,(H,17,20)(H,19,21)/t9-/m0/s1. The number of anilines is 1. The molecule has 1 aliphatic rings. The molecule has 1 aliphatic heterocycles. The Morgan fingerprint density at radius 1 is 1.35 bits per heavy atom. The van der Waals surface area contributed by atoms with E-state index in [0.717, 1.165) is 0 Å². The van der Waals surface area contributed by atoms with Gasteiger partial charge in [-0.15, -0.1) is 0 Å². The molecule has 9 nitrogen and oxygen atoms in total. The highest BCUT2D eigenvalue weighted by Gasteiger charge is 2.28. The number of sulfonamides is 1. The largest absolute Gasteiger partial charge is 0.479 e. The first-order valence-electron chi connectivity index (χ1n) is 7.86. The molecule has 0 aliphatic carbocycles. The number of hydrogen-bond acceptors (Lipinski definition) is 7. The van der Waals surface area contributed by atoms with Crippen LogP contribution in [-0.4, -0.2) is 31.5 Å². The molecule has 0 saturated carbocycles. The molecule has 0 unspecified atom stereocenters. The summed E-state index contributed by atoms with van der Waals surface area (Å²) in [5, 5.41) is 6.19. The Labute approximate surface area is 149 Å². The maximum absolute atomic E-state index is 12.6. The molecule has 0 bridgehead atoms. The van der Waals surface area contributed by atoms with Crippen LogP contribution in [0.15, 0.2) is 27.6 Å². The van der Waals surface area contributed by atoms with Crippen molar-refractivity contribution in [1.29, 1.82) is 0 Å². The van der Waals surface area contributed by atoms with Crippen LogP contribution in [0.1, 0.15) is 35.7 Å². The van der Waals surface area contributed by atoms with Crippen LogP contribution >= 0.6 is 0 Å². The monoisotopic (exact) mass is 379 g/mol. The van der Waals surface area contributed by atoms with E-state index < -0.39 is 22.0 Å². The van der Waals surface area contributed by atoms with Crippen molar-refractivity contribution < 1.29 is 27.3 Å². The Bertz CT molecular complexity index is 995. The van der Waals surface area contributed by atoms with Crippen LogP contribution in [0, 0.1) is 6.92 Å². The third-order valence-corrected chi connectivity index (χ3v) is 5.34. The van der Waals surface area contributed by atoms with Crippen molar-refractivity contribution in [1.82, 2.24) is 9.88 Å². The van der Waals surface area contributed by atoms with Crippen LogP contribution in [-0.2, 0) is 21.2 Å². The number of nitrogens with one attached hydrogen (secondary N) is 2. The second-order valence-corrected chi connectivity index (χ2v) is 7.48. The fourth-order valence-electron chi connectivity index (χ4n) is 2.45. The zero-order valence-electron chi connectivity index (χ0n) is 14.3. The van der Waals surface area contributed by atoms with E-state index in [1.807, 2.05) is 11.6 Å². The molecule has 138 valence electrons. The molecule has 2 aromatic rings. The molecule has 0 spiro atoms. The number of hydrogen-bond donors (Lipinski definition) is 2. The average Bonchev–Trinajstić information content (AvgIpc) is 3.04. The van der Waals surface area contributed by atoms with Gasteiger partial charge in [-0.3, -0.25) is 9.59 Å². The predicted octanol–water partition coefficient (Wildman–Crippen LogP) is 1.38. The molecule has 0 radical (unpaired) electrons. The van der Waals surface area contributed by atoms with Crippen LogP contribution in [0.25, 0.3) is 0 Å². The van der Waals surface area contributed by atoms with Crippen LogP contribution in [0.3, 0.4) is 0 Å². The lowest BCUT2D eigenvalue weighted by Crippen LogP contribution is -2.35. The van der Waals surface area contributed by atoms with E-state index in [0.29, 0.717) is 23.4 Å². The second kappa shape index (κ2) is 6.45. The minimum absolute atomic E-state index is 0.127. The quantitative estimate of drug-likeness (QED) is 0.821. The smallest absolute Gasteiger partial charge is 0.287 e. The van der Waals surface area contributed by atoms with Gasteiger partial charge in [0.1, 0.15) is 11.5 Å². The normalized spacial score (nSPS) is 16.4. The molecule has 2 N–H and O–H groups in total. The minimum Gasteiger partial charge on any atom is -0.479 e. The number of carbonyl (C=O) groups is 2. The molecule has 0 saturated heterocycles. The molecule has 1 atom stereocenters. The molecule has 2 amide bonds. The van der Waals surface area contributed by atoms with Gasteiger partial charge in [0.05, 0.1) is 10.6 Å². The molecule has 26 heavy (non-hydrogen) atoms. The summed E-state index contributed by atoms with van der Waals surface area (Å²) in [7, 11) is -4.17. The summed E-state index contributed by atoms with van der Waals surface area (Å²) in [6.07, 6.45) is -0.226. The van der Waals surface area contributed by atoms with E-state index in [2.05, 4.69) is 10.5 Å². The highest BCUT2D eigenvalue weighted by molar-refractivity contribution is 7.90. The molecule has 0 fully saturated rings. The van der Waals surface area contributed by atoms with Crippen molar-refractivity contribution in [2.24, 2.45) is 0 Å². The zero-order chi connectivity index (χ0) is 19.1. The van der Waals surface area contributed by atoms with Crippen molar-refractivity contribution in [3.63, 3.8) is 0 Å². The van der Waals surface area contributed by atoms with Gasteiger partial charge in [0, 0.05) is 18.6 Å².